The molecule has 3 aromatic rings. The topological polar surface area (TPSA) is 87.7 Å². The average molecular weight is 450 g/mol. The molecule has 1 aliphatic rings. The van der Waals surface area contributed by atoms with Crippen LogP contribution in [0.1, 0.15) is 23.0 Å². The van der Waals surface area contributed by atoms with Crippen LogP contribution < -0.4 is 0 Å². The van der Waals surface area contributed by atoms with Crippen LogP contribution in [0.5, 0.6) is 0 Å². The van der Waals surface area contributed by atoms with Gasteiger partial charge in [-0.05, 0) is 37.3 Å². The maximum atomic E-state index is 12.9. The van der Waals surface area contributed by atoms with E-state index in [1.54, 1.807) is 11.0 Å². The molecule has 0 saturated carbocycles. The maximum absolute atomic E-state index is 12.9. The SMILES string of the molecule is CC(=O)c1ccc(S(=O)(=O)N2CCN(C(=O)/C=C/c3ccc4ccccc4n3)CC2)cc1. The standard InChI is InChI=1S/C24H23N3O4S/c1-18(28)19-7-11-22(12-8-19)32(30,31)27-16-14-26(15-17-27)24(29)13-10-21-9-6-20-4-2-3-5-23(20)25-21/h2-13H,14-17H2,1H3/b13-10+. The van der Waals surface area contributed by atoms with Crippen LogP contribution in [-0.2, 0) is 14.8 Å². The van der Waals surface area contributed by atoms with Gasteiger partial charge in [0.25, 0.3) is 0 Å². The molecule has 4 rings (SSSR count). The van der Waals surface area contributed by atoms with Gasteiger partial charge in [-0.1, -0.05) is 36.4 Å². The smallest absolute Gasteiger partial charge is 0.246 e. The molecule has 0 N–H and O–H groups in total. The van der Waals surface area contributed by atoms with E-state index < -0.39 is 10.0 Å². The Morgan fingerprint density at radius 2 is 1.59 bits per heavy atom. The molecular formula is C24H23N3O4S. The molecule has 1 fully saturated rings. The number of piperazine rings is 1. The summed E-state index contributed by atoms with van der Waals surface area (Å²) < 4.78 is 27.1. The van der Waals surface area contributed by atoms with E-state index in [0.717, 1.165) is 10.9 Å². The van der Waals surface area contributed by atoms with Gasteiger partial charge in [0.05, 0.1) is 16.1 Å². The van der Waals surface area contributed by atoms with Gasteiger partial charge in [-0.2, -0.15) is 4.31 Å². The van der Waals surface area contributed by atoms with Crippen molar-refractivity contribution in [1.29, 1.82) is 0 Å². The van der Waals surface area contributed by atoms with Gasteiger partial charge in [-0.25, -0.2) is 13.4 Å². The summed E-state index contributed by atoms with van der Waals surface area (Å²) in [5.74, 6) is -0.296. The molecular weight excluding hydrogens is 426 g/mol. The molecule has 1 amide bonds. The summed E-state index contributed by atoms with van der Waals surface area (Å²) in [5, 5.41) is 1.03. The summed E-state index contributed by atoms with van der Waals surface area (Å²) >= 11 is 0. The molecule has 2 heterocycles. The van der Waals surface area contributed by atoms with Crippen LogP contribution in [0.25, 0.3) is 17.0 Å². The fraction of sp³-hybridized carbons (Fsp3) is 0.208. The maximum Gasteiger partial charge on any atom is 0.246 e. The first-order chi connectivity index (χ1) is 15.3. The highest BCUT2D eigenvalue weighted by Crippen LogP contribution is 2.19. The van der Waals surface area contributed by atoms with Crippen molar-refractivity contribution in [1.82, 2.24) is 14.2 Å². The molecule has 164 valence electrons. The van der Waals surface area contributed by atoms with Crippen molar-refractivity contribution in [3.63, 3.8) is 0 Å². The molecule has 1 saturated heterocycles. The van der Waals surface area contributed by atoms with Crippen LogP contribution in [-0.4, -0.2) is 60.5 Å². The largest absolute Gasteiger partial charge is 0.337 e. The fourth-order valence-corrected chi connectivity index (χ4v) is 5.02. The first kappa shape index (κ1) is 21.9. The van der Waals surface area contributed by atoms with Crippen molar-refractivity contribution in [3.05, 3.63) is 78.0 Å². The van der Waals surface area contributed by atoms with Crippen LogP contribution in [0.15, 0.2) is 71.6 Å². The number of rotatable bonds is 5. The van der Waals surface area contributed by atoms with E-state index in [4.69, 9.17) is 0 Å². The number of hydrogen-bond acceptors (Lipinski definition) is 5. The van der Waals surface area contributed by atoms with E-state index in [0.29, 0.717) is 24.3 Å². The normalized spacial score (nSPS) is 15.3. The summed E-state index contributed by atoms with van der Waals surface area (Å²) in [6, 6.07) is 17.5. The Hall–Kier alpha value is -3.36. The van der Waals surface area contributed by atoms with E-state index in [9.17, 15) is 18.0 Å². The number of carbonyl (C=O) groups is 2. The third kappa shape index (κ3) is 4.61. The molecule has 0 atom stereocenters. The lowest BCUT2D eigenvalue weighted by molar-refractivity contribution is -0.127. The molecule has 0 unspecified atom stereocenters. The van der Waals surface area contributed by atoms with E-state index in [1.807, 2.05) is 36.4 Å². The van der Waals surface area contributed by atoms with Crippen molar-refractivity contribution in [2.24, 2.45) is 0 Å². The highest BCUT2D eigenvalue weighted by atomic mass is 32.2. The second kappa shape index (κ2) is 9.02. The number of para-hydroxylation sites is 1. The number of sulfonamides is 1. The molecule has 2 aromatic carbocycles. The minimum Gasteiger partial charge on any atom is -0.337 e. The highest BCUT2D eigenvalue weighted by molar-refractivity contribution is 7.89. The Labute approximate surface area is 187 Å². The zero-order chi connectivity index (χ0) is 22.7. The van der Waals surface area contributed by atoms with Crippen molar-refractivity contribution in [2.45, 2.75) is 11.8 Å². The molecule has 7 nitrogen and oxygen atoms in total. The second-order valence-corrected chi connectivity index (χ2v) is 9.51. The Bertz CT molecular complexity index is 1290. The zero-order valence-corrected chi connectivity index (χ0v) is 18.5. The number of carbonyl (C=O) groups excluding carboxylic acids is 2. The Kier molecular flexibility index (Phi) is 6.16. The monoisotopic (exact) mass is 449 g/mol. The molecule has 0 bridgehead atoms. The number of amides is 1. The summed E-state index contributed by atoms with van der Waals surface area (Å²) in [6.45, 7) is 2.47. The van der Waals surface area contributed by atoms with Gasteiger partial charge in [0, 0.05) is 43.2 Å². The van der Waals surface area contributed by atoms with Crippen LogP contribution in [0.2, 0.25) is 0 Å². The molecule has 1 aromatic heterocycles. The van der Waals surface area contributed by atoms with Gasteiger partial charge in [0.15, 0.2) is 5.78 Å². The van der Waals surface area contributed by atoms with Gasteiger partial charge >= 0.3 is 0 Å². The van der Waals surface area contributed by atoms with E-state index >= 15 is 0 Å². The minimum atomic E-state index is -3.67. The average Bonchev–Trinajstić information content (AvgIpc) is 2.82. The lowest BCUT2D eigenvalue weighted by Gasteiger charge is -2.33. The van der Waals surface area contributed by atoms with Gasteiger partial charge < -0.3 is 4.90 Å². The number of fused-ring (bicyclic) bond motifs is 1. The zero-order valence-electron chi connectivity index (χ0n) is 17.6. The molecule has 0 spiro atoms. The van der Waals surface area contributed by atoms with Crippen LogP contribution >= 0.6 is 0 Å². The fourth-order valence-electron chi connectivity index (χ4n) is 3.60. The number of ketones is 1. The highest BCUT2D eigenvalue weighted by Gasteiger charge is 2.29. The predicted molar refractivity (Wildman–Crippen MR) is 123 cm³/mol. The van der Waals surface area contributed by atoms with Crippen molar-refractivity contribution in [3.8, 4) is 0 Å². The molecule has 8 heteroatoms. The van der Waals surface area contributed by atoms with E-state index in [1.165, 1.54) is 41.6 Å². The third-order valence-electron chi connectivity index (χ3n) is 5.47. The molecule has 1 aliphatic heterocycles. The van der Waals surface area contributed by atoms with Gasteiger partial charge in [-0.3, -0.25) is 9.59 Å². The summed E-state index contributed by atoms with van der Waals surface area (Å²) in [5.41, 5.74) is 2.01. The quantitative estimate of drug-likeness (QED) is 0.441. The van der Waals surface area contributed by atoms with Gasteiger partial charge in [0.2, 0.25) is 15.9 Å². The number of hydrogen-bond donors (Lipinski definition) is 0. The number of Topliss-reactive ketones (excluding diaryl/α,β-unsaturated/α-hetero) is 1. The molecule has 0 aliphatic carbocycles. The lowest BCUT2D eigenvalue weighted by Crippen LogP contribution is -2.50. The van der Waals surface area contributed by atoms with E-state index in [-0.39, 0.29) is 29.7 Å². The Balaban J connectivity index is 1.38. The first-order valence-electron chi connectivity index (χ1n) is 10.3. The van der Waals surface area contributed by atoms with Crippen LogP contribution in [0.4, 0.5) is 0 Å². The number of aromatic nitrogens is 1. The first-order valence-corrected chi connectivity index (χ1v) is 11.7. The predicted octanol–water partition coefficient (Wildman–Crippen LogP) is 2.98. The van der Waals surface area contributed by atoms with E-state index in [2.05, 4.69) is 4.98 Å². The summed E-state index contributed by atoms with van der Waals surface area (Å²) in [7, 11) is -3.67. The second-order valence-electron chi connectivity index (χ2n) is 7.57. The molecule has 32 heavy (non-hydrogen) atoms. The number of nitrogens with zero attached hydrogens (tertiary/aromatic N) is 3. The van der Waals surface area contributed by atoms with Crippen LogP contribution in [0.3, 0.4) is 0 Å². The van der Waals surface area contributed by atoms with Gasteiger partial charge in [0.1, 0.15) is 0 Å². The minimum absolute atomic E-state index is 0.118. The Morgan fingerprint density at radius 1 is 0.906 bits per heavy atom. The Morgan fingerprint density at radius 3 is 2.28 bits per heavy atom. The van der Waals surface area contributed by atoms with Crippen molar-refractivity contribution < 1.29 is 18.0 Å². The van der Waals surface area contributed by atoms with Gasteiger partial charge in [-0.15, -0.1) is 0 Å². The van der Waals surface area contributed by atoms with Crippen molar-refractivity contribution in [2.75, 3.05) is 26.2 Å². The summed E-state index contributed by atoms with van der Waals surface area (Å²) in [6.07, 6.45) is 3.15. The number of pyridine rings is 1. The van der Waals surface area contributed by atoms with Crippen molar-refractivity contribution >= 4 is 38.7 Å². The molecule has 0 radical (unpaired) electrons. The van der Waals surface area contributed by atoms with Crippen LogP contribution in [0, 0.1) is 0 Å². The summed E-state index contributed by atoms with van der Waals surface area (Å²) in [4.78, 5) is 30.3. The third-order valence-corrected chi connectivity index (χ3v) is 7.38. The number of benzene rings is 2. The lowest BCUT2D eigenvalue weighted by atomic mass is 10.2.